The Balaban J connectivity index is 1.33. The van der Waals surface area contributed by atoms with Crippen LogP contribution in [0.1, 0.15) is 32.1 Å². The molecular weight excluding hydrogens is 385 g/mol. The number of fused-ring (bicyclic) bond motifs is 2. The molecule has 0 radical (unpaired) electrons. The van der Waals surface area contributed by atoms with Gasteiger partial charge in [-0.25, -0.2) is 0 Å². The fraction of sp³-hybridized carbons (Fsp3) is 0.550. The van der Waals surface area contributed by atoms with E-state index in [2.05, 4.69) is 5.10 Å². The van der Waals surface area contributed by atoms with E-state index in [1.54, 1.807) is 4.90 Å². The molecule has 2 saturated heterocycles. The number of hydrogen-bond acceptors (Lipinski definition) is 3. The van der Waals surface area contributed by atoms with Gasteiger partial charge in [-0.2, -0.15) is 18.3 Å². The van der Waals surface area contributed by atoms with Gasteiger partial charge in [0.2, 0.25) is 11.8 Å². The third-order valence-corrected chi connectivity index (χ3v) is 5.88. The van der Waals surface area contributed by atoms with Crippen molar-refractivity contribution in [3.8, 4) is 0 Å². The van der Waals surface area contributed by atoms with Gasteiger partial charge >= 0.3 is 6.18 Å². The van der Waals surface area contributed by atoms with Crippen LogP contribution in [0.3, 0.4) is 0 Å². The Morgan fingerprint density at radius 3 is 2.76 bits per heavy atom. The van der Waals surface area contributed by atoms with Crippen molar-refractivity contribution >= 4 is 22.7 Å². The quantitative estimate of drug-likeness (QED) is 0.739. The lowest BCUT2D eigenvalue weighted by atomic mass is 10.1. The average Bonchev–Trinajstić information content (AvgIpc) is 3.34. The summed E-state index contributed by atoms with van der Waals surface area (Å²) in [6.07, 6.45) is -2.64. The molecule has 0 aliphatic carbocycles. The second-order valence-electron chi connectivity index (χ2n) is 7.70. The molecule has 4 rings (SSSR count). The molecule has 2 aromatic rings. The van der Waals surface area contributed by atoms with Crippen LogP contribution < -0.4 is 0 Å². The first kappa shape index (κ1) is 19.7. The second-order valence-corrected chi connectivity index (χ2v) is 7.70. The number of aromatic nitrogens is 2. The lowest BCUT2D eigenvalue weighted by Gasteiger charge is -2.25. The van der Waals surface area contributed by atoms with Crippen LogP contribution in [0.15, 0.2) is 30.5 Å². The zero-order chi connectivity index (χ0) is 20.6. The van der Waals surface area contributed by atoms with Crippen LogP contribution in [0.5, 0.6) is 0 Å². The topological polar surface area (TPSA) is 58.4 Å². The maximum absolute atomic E-state index is 12.5. The smallest absolute Gasteiger partial charge is 0.337 e. The zero-order valence-corrected chi connectivity index (χ0v) is 15.9. The van der Waals surface area contributed by atoms with Gasteiger partial charge in [-0.05, 0) is 18.9 Å². The molecule has 0 N–H and O–H groups in total. The molecule has 1 aromatic carbocycles. The number of carbonyl (C=O) groups is 2. The number of para-hydroxylation sites is 1. The number of halogens is 3. The number of aryl methyl sites for hydroxylation is 1. The second kappa shape index (κ2) is 7.68. The summed E-state index contributed by atoms with van der Waals surface area (Å²) in [4.78, 5) is 28.0. The first-order chi connectivity index (χ1) is 13.8. The molecule has 6 nitrogen and oxygen atoms in total. The van der Waals surface area contributed by atoms with Gasteiger partial charge in [0.1, 0.15) is 0 Å². The van der Waals surface area contributed by atoms with Crippen molar-refractivity contribution in [2.24, 2.45) is 0 Å². The summed E-state index contributed by atoms with van der Waals surface area (Å²) in [7, 11) is 0. The molecule has 156 valence electrons. The SMILES string of the molecule is O=C1C[C@H]2[C@H](CCN2C(=O)CCC(F)(F)F)N1CCCn1ncc2ccccc21. The Morgan fingerprint density at radius 2 is 1.97 bits per heavy atom. The van der Waals surface area contributed by atoms with Crippen LogP contribution in [0.25, 0.3) is 10.9 Å². The first-order valence-electron chi connectivity index (χ1n) is 9.90. The average molecular weight is 408 g/mol. The van der Waals surface area contributed by atoms with Crippen LogP contribution in [0, 0.1) is 0 Å². The van der Waals surface area contributed by atoms with Gasteiger partial charge < -0.3 is 9.80 Å². The molecule has 2 amide bonds. The van der Waals surface area contributed by atoms with E-state index in [1.165, 1.54) is 4.90 Å². The predicted octanol–water partition coefficient (Wildman–Crippen LogP) is 2.97. The van der Waals surface area contributed by atoms with E-state index in [9.17, 15) is 22.8 Å². The fourth-order valence-electron chi connectivity index (χ4n) is 4.52. The molecule has 1 aromatic heterocycles. The minimum Gasteiger partial charge on any atom is -0.337 e. The van der Waals surface area contributed by atoms with Gasteiger partial charge in [0, 0.05) is 37.9 Å². The third kappa shape index (κ3) is 4.09. The number of carbonyl (C=O) groups excluding carboxylic acids is 2. The normalized spacial score (nSPS) is 22.0. The third-order valence-electron chi connectivity index (χ3n) is 5.88. The Hall–Kier alpha value is -2.58. The number of likely N-dealkylation sites (tertiary alicyclic amines) is 2. The van der Waals surface area contributed by atoms with E-state index in [1.807, 2.05) is 35.1 Å². The van der Waals surface area contributed by atoms with Gasteiger partial charge in [0.15, 0.2) is 0 Å². The lowest BCUT2D eigenvalue weighted by Crippen LogP contribution is -2.40. The first-order valence-corrected chi connectivity index (χ1v) is 9.90. The Labute approximate surface area is 166 Å². The summed E-state index contributed by atoms with van der Waals surface area (Å²) in [5.41, 5.74) is 1.04. The van der Waals surface area contributed by atoms with Gasteiger partial charge in [0.05, 0.1) is 30.2 Å². The van der Waals surface area contributed by atoms with Crippen molar-refractivity contribution in [2.75, 3.05) is 13.1 Å². The number of alkyl halides is 3. The van der Waals surface area contributed by atoms with Crippen LogP contribution in [0.2, 0.25) is 0 Å². The molecular formula is C20H23F3N4O2. The Morgan fingerprint density at radius 1 is 1.17 bits per heavy atom. The molecule has 2 aliphatic heterocycles. The zero-order valence-electron chi connectivity index (χ0n) is 15.9. The number of benzene rings is 1. The van der Waals surface area contributed by atoms with Crippen molar-refractivity contribution in [1.29, 1.82) is 0 Å². The molecule has 0 spiro atoms. The van der Waals surface area contributed by atoms with Crippen LogP contribution in [0.4, 0.5) is 13.2 Å². The number of nitrogens with zero attached hydrogens (tertiary/aromatic N) is 4. The number of rotatable bonds is 6. The molecule has 29 heavy (non-hydrogen) atoms. The highest BCUT2D eigenvalue weighted by Gasteiger charge is 2.48. The van der Waals surface area contributed by atoms with E-state index < -0.39 is 24.9 Å². The van der Waals surface area contributed by atoms with Crippen LogP contribution in [-0.2, 0) is 16.1 Å². The van der Waals surface area contributed by atoms with Crippen molar-refractivity contribution in [3.05, 3.63) is 30.5 Å². The molecule has 2 fully saturated rings. The molecule has 0 bridgehead atoms. The standard InChI is InChI=1S/C20H23F3N4O2/c21-20(22,23)8-6-18(28)26-11-7-16-17(26)12-19(29)25(16)9-3-10-27-15-5-2-1-4-14(15)13-24-27/h1-2,4-5,13,16-17H,3,6-12H2/t16-,17-/m0/s1. The molecule has 9 heteroatoms. The number of amides is 2. The van der Waals surface area contributed by atoms with Gasteiger partial charge in [0.25, 0.3) is 0 Å². The van der Waals surface area contributed by atoms with Crippen LogP contribution in [-0.4, -0.2) is 62.7 Å². The monoisotopic (exact) mass is 408 g/mol. The summed E-state index contributed by atoms with van der Waals surface area (Å²) in [6.45, 7) is 1.64. The Bertz CT molecular complexity index is 911. The highest BCUT2D eigenvalue weighted by Crippen LogP contribution is 2.34. The molecule has 0 saturated carbocycles. The van der Waals surface area contributed by atoms with E-state index >= 15 is 0 Å². The van der Waals surface area contributed by atoms with Crippen molar-refractivity contribution in [3.63, 3.8) is 0 Å². The van der Waals surface area contributed by atoms with Crippen molar-refractivity contribution in [2.45, 2.75) is 56.9 Å². The largest absolute Gasteiger partial charge is 0.389 e. The summed E-state index contributed by atoms with van der Waals surface area (Å²) < 4.78 is 39.1. The van der Waals surface area contributed by atoms with Crippen molar-refractivity contribution in [1.82, 2.24) is 19.6 Å². The summed E-state index contributed by atoms with van der Waals surface area (Å²) in [6, 6.07) is 7.52. The van der Waals surface area contributed by atoms with E-state index in [-0.39, 0.29) is 24.4 Å². The molecule has 3 heterocycles. The minimum absolute atomic E-state index is 0.0290. The van der Waals surface area contributed by atoms with E-state index in [4.69, 9.17) is 0 Å². The Kier molecular flexibility index (Phi) is 5.23. The predicted molar refractivity (Wildman–Crippen MR) is 99.9 cm³/mol. The molecule has 0 unspecified atom stereocenters. The summed E-state index contributed by atoms with van der Waals surface area (Å²) >= 11 is 0. The number of hydrogen-bond donors (Lipinski definition) is 0. The maximum Gasteiger partial charge on any atom is 0.389 e. The lowest BCUT2D eigenvalue weighted by molar-refractivity contribution is -0.149. The summed E-state index contributed by atoms with van der Waals surface area (Å²) in [5, 5.41) is 5.45. The summed E-state index contributed by atoms with van der Waals surface area (Å²) in [5.74, 6) is -0.536. The van der Waals surface area contributed by atoms with E-state index in [0.29, 0.717) is 26.1 Å². The van der Waals surface area contributed by atoms with Gasteiger partial charge in [-0.15, -0.1) is 0 Å². The maximum atomic E-state index is 12.5. The molecule has 2 atom stereocenters. The fourth-order valence-corrected chi connectivity index (χ4v) is 4.52. The van der Waals surface area contributed by atoms with Gasteiger partial charge in [-0.1, -0.05) is 18.2 Å². The van der Waals surface area contributed by atoms with Gasteiger partial charge in [-0.3, -0.25) is 14.3 Å². The van der Waals surface area contributed by atoms with Crippen LogP contribution >= 0.6 is 0 Å². The molecule has 2 aliphatic rings. The minimum atomic E-state index is -4.34. The van der Waals surface area contributed by atoms with E-state index in [0.717, 1.165) is 17.3 Å². The highest BCUT2D eigenvalue weighted by molar-refractivity contribution is 5.83. The highest BCUT2D eigenvalue weighted by atomic mass is 19.4. The van der Waals surface area contributed by atoms with Crippen molar-refractivity contribution < 1.29 is 22.8 Å².